The van der Waals surface area contributed by atoms with Crippen LogP contribution in [0, 0.1) is 0 Å². The van der Waals surface area contributed by atoms with Crippen molar-refractivity contribution in [2.45, 2.75) is 12.5 Å². The molecular weight excluding hydrogens is 356 g/mol. The van der Waals surface area contributed by atoms with Crippen molar-refractivity contribution in [1.82, 2.24) is 5.32 Å². The maximum absolute atomic E-state index is 12.0. The Labute approximate surface area is 156 Å². The second kappa shape index (κ2) is 8.58. The van der Waals surface area contributed by atoms with Crippen molar-refractivity contribution in [3.05, 3.63) is 59.6 Å². The Kier molecular flexibility index (Phi) is 5.96. The lowest BCUT2D eigenvalue weighted by molar-refractivity contribution is -0.121. The van der Waals surface area contributed by atoms with E-state index in [0.29, 0.717) is 17.3 Å². The van der Waals surface area contributed by atoms with Gasteiger partial charge in [-0.25, -0.2) is 4.79 Å². The minimum absolute atomic E-state index is 0.154. The van der Waals surface area contributed by atoms with Crippen LogP contribution in [-0.2, 0) is 9.53 Å². The smallest absolute Gasteiger partial charge is 0.414 e. The molecule has 1 fully saturated rings. The highest BCUT2D eigenvalue weighted by Gasteiger charge is 2.32. The molecule has 3 rings (SSSR count). The normalized spacial score (nSPS) is 16.3. The summed E-state index contributed by atoms with van der Waals surface area (Å²) in [6.45, 7) is 0.905. The van der Waals surface area contributed by atoms with Gasteiger partial charge in [-0.2, -0.15) is 0 Å². The van der Waals surface area contributed by atoms with Crippen LogP contribution < -0.4 is 15.0 Å². The van der Waals surface area contributed by atoms with Gasteiger partial charge in [-0.3, -0.25) is 9.69 Å². The fourth-order valence-electron chi connectivity index (χ4n) is 2.58. The summed E-state index contributed by atoms with van der Waals surface area (Å²) in [5.74, 6) is 0.570. The van der Waals surface area contributed by atoms with Crippen LogP contribution in [0.2, 0.25) is 5.02 Å². The third-order valence-corrected chi connectivity index (χ3v) is 4.10. The first-order valence-corrected chi connectivity index (χ1v) is 8.68. The number of hydrogen-bond acceptors (Lipinski definition) is 4. The van der Waals surface area contributed by atoms with Crippen molar-refractivity contribution in [2.24, 2.45) is 0 Å². The lowest BCUT2D eigenvalue weighted by atomic mass is 10.2. The lowest BCUT2D eigenvalue weighted by Gasteiger charge is -2.13. The molecule has 2 aromatic rings. The van der Waals surface area contributed by atoms with Crippen LogP contribution in [0.5, 0.6) is 5.75 Å². The zero-order valence-electron chi connectivity index (χ0n) is 14.1. The van der Waals surface area contributed by atoms with Gasteiger partial charge in [0.1, 0.15) is 11.9 Å². The number of carbonyl (C=O) groups is 2. The number of anilines is 1. The molecule has 26 heavy (non-hydrogen) atoms. The van der Waals surface area contributed by atoms with E-state index in [0.717, 1.165) is 5.75 Å². The number of carbonyl (C=O) groups excluding carboxylic acids is 2. The zero-order chi connectivity index (χ0) is 18.4. The minimum Gasteiger partial charge on any atom is -0.493 e. The molecule has 1 saturated heterocycles. The number of nitrogens with one attached hydrogen (secondary N) is 1. The predicted octanol–water partition coefficient (Wildman–Crippen LogP) is 3.25. The van der Waals surface area contributed by atoms with Crippen LogP contribution in [0.25, 0.3) is 0 Å². The summed E-state index contributed by atoms with van der Waals surface area (Å²) < 4.78 is 10.8. The van der Waals surface area contributed by atoms with E-state index in [-0.39, 0.29) is 25.5 Å². The molecular formula is C19H19ClN2O4. The molecule has 0 radical (unpaired) electrons. The van der Waals surface area contributed by atoms with E-state index in [2.05, 4.69) is 5.32 Å². The number of cyclic esters (lactones) is 1. The molecule has 2 aromatic carbocycles. The van der Waals surface area contributed by atoms with Gasteiger partial charge in [0, 0.05) is 10.7 Å². The highest BCUT2D eigenvalue weighted by molar-refractivity contribution is 6.30. The van der Waals surface area contributed by atoms with Gasteiger partial charge < -0.3 is 14.8 Å². The first-order valence-electron chi connectivity index (χ1n) is 8.30. The van der Waals surface area contributed by atoms with Crippen molar-refractivity contribution in [2.75, 3.05) is 24.6 Å². The molecule has 0 spiro atoms. The van der Waals surface area contributed by atoms with Crippen molar-refractivity contribution in [3.63, 3.8) is 0 Å². The maximum atomic E-state index is 12.0. The molecule has 7 heteroatoms. The summed E-state index contributed by atoms with van der Waals surface area (Å²) >= 11 is 5.96. The number of nitrogens with zero attached hydrogens (tertiary/aromatic N) is 1. The van der Waals surface area contributed by atoms with Crippen molar-refractivity contribution in [3.8, 4) is 5.75 Å². The second-order valence-corrected chi connectivity index (χ2v) is 6.25. The SMILES string of the molecule is O=C(CCOc1ccccc1)NCC1CN(c2cccc(Cl)c2)C(=O)O1. The Morgan fingerprint density at radius 1 is 1.23 bits per heavy atom. The second-order valence-electron chi connectivity index (χ2n) is 5.81. The average Bonchev–Trinajstić information content (AvgIpc) is 3.02. The molecule has 0 aliphatic carbocycles. The number of hydrogen-bond donors (Lipinski definition) is 1. The fraction of sp³-hybridized carbons (Fsp3) is 0.263. The number of para-hydroxylation sites is 1. The van der Waals surface area contributed by atoms with Crippen LogP contribution >= 0.6 is 11.6 Å². The van der Waals surface area contributed by atoms with Gasteiger partial charge in [0.05, 0.1) is 26.1 Å². The predicted molar refractivity (Wildman–Crippen MR) is 98.6 cm³/mol. The van der Waals surface area contributed by atoms with Crippen LogP contribution in [0.15, 0.2) is 54.6 Å². The summed E-state index contributed by atoms with van der Waals surface area (Å²) in [4.78, 5) is 25.4. The van der Waals surface area contributed by atoms with Gasteiger partial charge in [0.15, 0.2) is 0 Å². The van der Waals surface area contributed by atoms with Gasteiger partial charge in [0.2, 0.25) is 5.91 Å². The van der Waals surface area contributed by atoms with E-state index in [1.807, 2.05) is 30.3 Å². The number of ether oxygens (including phenoxy) is 2. The quantitative estimate of drug-likeness (QED) is 0.807. The Balaban J connectivity index is 1.41. The average molecular weight is 375 g/mol. The standard InChI is InChI=1S/C19H19ClN2O4/c20-14-5-4-6-15(11-14)22-13-17(26-19(22)24)12-21-18(23)9-10-25-16-7-2-1-3-8-16/h1-8,11,17H,9-10,12-13H2,(H,21,23). The van der Waals surface area contributed by atoms with E-state index in [9.17, 15) is 9.59 Å². The van der Waals surface area contributed by atoms with Gasteiger partial charge in [-0.15, -0.1) is 0 Å². The van der Waals surface area contributed by atoms with Gasteiger partial charge >= 0.3 is 6.09 Å². The third-order valence-electron chi connectivity index (χ3n) is 3.86. The monoisotopic (exact) mass is 374 g/mol. The van der Waals surface area contributed by atoms with Crippen molar-refractivity contribution >= 4 is 29.3 Å². The van der Waals surface area contributed by atoms with Gasteiger partial charge in [0.25, 0.3) is 0 Å². The minimum atomic E-state index is -0.445. The molecule has 1 heterocycles. The van der Waals surface area contributed by atoms with E-state index in [1.54, 1.807) is 24.3 Å². The third kappa shape index (κ3) is 4.89. The Bertz CT molecular complexity index is 769. The van der Waals surface area contributed by atoms with E-state index < -0.39 is 12.2 Å². The summed E-state index contributed by atoms with van der Waals surface area (Å²) in [5.41, 5.74) is 0.674. The molecule has 1 atom stereocenters. The molecule has 0 aromatic heterocycles. The molecule has 1 aliphatic rings. The highest BCUT2D eigenvalue weighted by Crippen LogP contribution is 2.24. The van der Waals surface area contributed by atoms with E-state index in [4.69, 9.17) is 21.1 Å². The largest absolute Gasteiger partial charge is 0.493 e. The molecule has 0 bridgehead atoms. The highest BCUT2D eigenvalue weighted by atomic mass is 35.5. The van der Waals surface area contributed by atoms with Crippen LogP contribution in [0.3, 0.4) is 0 Å². The van der Waals surface area contributed by atoms with Crippen LogP contribution in [0.1, 0.15) is 6.42 Å². The van der Waals surface area contributed by atoms with E-state index in [1.165, 1.54) is 4.90 Å². The van der Waals surface area contributed by atoms with Crippen molar-refractivity contribution < 1.29 is 19.1 Å². The van der Waals surface area contributed by atoms with E-state index >= 15 is 0 Å². The number of halogens is 1. The number of rotatable bonds is 7. The molecule has 1 unspecified atom stereocenters. The Hall–Kier alpha value is -2.73. The molecule has 2 amide bonds. The molecule has 1 N–H and O–H groups in total. The summed E-state index contributed by atoms with van der Waals surface area (Å²) in [6, 6.07) is 16.3. The first-order chi connectivity index (χ1) is 12.6. The topological polar surface area (TPSA) is 67.9 Å². The first kappa shape index (κ1) is 18.1. The number of benzene rings is 2. The Morgan fingerprint density at radius 2 is 2.04 bits per heavy atom. The molecule has 0 saturated carbocycles. The molecule has 6 nitrogen and oxygen atoms in total. The lowest BCUT2D eigenvalue weighted by Crippen LogP contribution is -2.35. The maximum Gasteiger partial charge on any atom is 0.414 e. The molecule has 136 valence electrons. The summed E-state index contributed by atoms with van der Waals surface area (Å²) in [6.07, 6.45) is -0.618. The van der Waals surface area contributed by atoms with Crippen molar-refractivity contribution in [1.29, 1.82) is 0 Å². The summed E-state index contributed by atoms with van der Waals surface area (Å²) in [7, 11) is 0. The number of amides is 2. The van der Waals surface area contributed by atoms with Crippen LogP contribution in [-0.4, -0.2) is 37.8 Å². The molecule has 1 aliphatic heterocycles. The van der Waals surface area contributed by atoms with Gasteiger partial charge in [-0.1, -0.05) is 35.9 Å². The van der Waals surface area contributed by atoms with Gasteiger partial charge in [-0.05, 0) is 30.3 Å². The zero-order valence-corrected chi connectivity index (χ0v) is 14.8. The van der Waals surface area contributed by atoms with Crippen LogP contribution in [0.4, 0.5) is 10.5 Å². The summed E-state index contributed by atoms with van der Waals surface area (Å²) in [5, 5.41) is 3.31. The Morgan fingerprint density at radius 3 is 2.81 bits per heavy atom. The fourth-order valence-corrected chi connectivity index (χ4v) is 2.76.